The highest BCUT2D eigenvalue weighted by molar-refractivity contribution is 7.22. The molecular weight excluding hydrogens is 1060 g/mol. The Labute approximate surface area is 455 Å². The van der Waals surface area contributed by atoms with E-state index in [1.165, 1.54) is 29.8 Å². The maximum absolute atomic E-state index is 14.5. The number of carboxylic acids is 1. The van der Waals surface area contributed by atoms with Crippen LogP contribution in [-0.4, -0.2) is 120 Å². The van der Waals surface area contributed by atoms with Crippen LogP contribution in [0.1, 0.15) is 22.4 Å². The molecule has 15 nitrogen and oxygen atoms in total. The molecule has 406 valence electrons. The number of aliphatic carboxylic acids is 1. The summed E-state index contributed by atoms with van der Waals surface area (Å²) in [5.74, 6) is -0.711. The quantitative estimate of drug-likeness (QED) is 0.0599. The number of nitrogens with zero attached hydrogens (tertiary/aromatic N) is 6. The van der Waals surface area contributed by atoms with Gasteiger partial charge in [-0.2, -0.15) is 13.2 Å². The predicted molar refractivity (Wildman–Crippen MR) is 287 cm³/mol. The van der Waals surface area contributed by atoms with Crippen LogP contribution in [-0.2, 0) is 34.0 Å². The number of likely N-dealkylation sites (N-methyl/N-ethyl adjacent to an activating group) is 1. The Morgan fingerprint density at radius 3 is 2.21 bits per heavy atom. The first-order valence-corrected chi connectivity index (χ1v) is 25.6. The minimum Gasteiger partial charge on any atom is -0.497 e. The number of piperazine rings is 1. The number of thiophene rings is 1. The summed E-state index contributed by atoms with van der Waals surface area (Å²) in [6.07, 6.45) is -3.19. The first kappa shape index (κ1) is 56.3. The number of carboxylic acid groups (broad SMARTS) is 1. The highest BCUT2D eigenvalue weighted by atomic mass is 35.5. The maximum atomic E-state index is 14.5. The van der Waals surface area contributed by atoms with Crippen molar-refractivity contribution in [3.8, 4) is 61.8 Å². The largest absolute Gasteiger partial charge is 0.497 e. The summed E-state index contributed by atoms with van der Waals surface area (Å²) in [6, 6.07) is 34.1. The number of hydrogen-bond donors (Lipinski definition) is 1. The van der Waals surface area contributed by atoms with Crippen LogP contribution in [0.3, 0.4) is 0 Å². The molecule has 0 amide bonds. The number of methoxy groups -OCH3 is 2. The number of ether oxygens (including phenoxy) is 6. The number of halogens is 5. The van der Waals surface area contributed by atoms with E-state index in [0.717, 1.165) is 65.4 Å². The predicted octanol–water partition coefficient (Wildman–Crippen LogP) is 11.2. The van der Waals surface area contributed by atoms with Crippen molar-refractivity contribution in [3.05, 3.63) is 161 Å². The number of carbonyl (C=O) groups is 2. The van der Waals surface area contributed by atoms with E-state index in [2.05, 4.69) is 21.8 Å². The minimum absolute atomic E-state index is 0.0256. The lowest BCUT2D eigenvalue weighted by atomic mass is 9.96. The van der Waals surface area contributed by atoms with Crippen molar-refractivity contribution in [1.29, 1.82) is 0 Å². The van der Waals surface area contributed by atoms with E-state index in [1.807, 2.05) is 79.7 Å². The van der Waals surface area contributed by atoms with Crippen molar-refractivity contribution < 1.29 is 60.7 Å². The van der Waals surface area contributed by atoms with Crippen molar-refractivity contribution in [2.45, 2.75) is 38.8 Å². The lowest BCUT2D eigenvalue weighted by molar-refractivity contribution is -0.192. The molecule has 0 radical (unpaired) electrons. The number of benzene rings is 5. The Morgan fingerprint density at radius 2 is 1.50 bits per heavy atom. The summed E-state index contributed by atoms with van der Waals surface area (Å²) in [4.78, 5) is 48.1. The molecule has 1 fully saturated rings. The van der Waals surface area contributed by atoms with Gasteiger partial charge in [0, 0.05) is 55.8 Å². The Hall–Kier alpha value is -7.91. The van der Waals surface area contributed by atoms with Gasteiger partial charge in [-0.15, -0.1) is 11.3 Å². The minimum atomic E-state index is -5.08. The van der Waals surface area contributed by atoms with E-state index in [1.54, 1.807) is 50.7 Å². The van der Waals surface area contributed by atoms with Gasteiger partial charge in [-0.25, -0.2) is 33.9 Å². The van der Waals surface area contributed by atoms with Gasteiger partial charge < -0.3 is 38.4 Å². The summed E-state index contributed by atoms with van der Waals surface area (Å²) in [5, 5.41) is 8.13. The number of esters is 1. The van der Waals surface area contributed by atoms with Gasteiger partial charge in [0.15, 0.2) is 5.82 Å². The van der Waals surface area contributed by atoms with E-state index >= 15 is 0 Å². The van der Waals surface area contributed by atoms with Crippen LogP contribution >= 0.6 is 22.9 Å². The molecule has 4 heterocycles. The highest BCUT2D eigenvalue weighted by Gasteiger charge is 2.38. The molecule has 1 aliphatic heterocycles. The zero-order valence-electron chi connectivity index (χ0n) is 42.8. The lowest BCUT2D eigenvalue weighted by Gasteiger charge is -2.32. The smallest absolute Gasteiger partial charge is 0.490 e. The van der Waals surface area contributed by atoms with Gasteiger partial charge in [0.1, 0.15) is 59.8 Å². The molecule has 1 N–H and O–H groups in total. The zero-order valence-corrected chi connectivity index (χ0v) is 44.3. The molecular formula is C57H53ClF4N6O9S. The molecule has 0 saturated carbocycles. The summed E-state index contributed by atoms with van der Waals surface area (Å²) in [7, 11) is 5.33. The number of carbonyl (C=O) groups excluding carboxylic acids is 1. The van der Waals surface area contributed by atoms with Crippen LogP contribution in [0.2, 0.25) is 5.02 Å². The third-order valence-electron chi connectivity index (χ3n) is 12.6. The topological polar surface area (TPSA) is 168 Å². The van der Waals surface area contributed by atoms with Gasteiger partial charge in [-0.05, 0) is 96.4 Å². The molecule has 3 aromatic heterocycles. The fourth-order valence-electron chi connectivity index (χ4n) is 8.33. The second-order valence-electron chi connectivity index (χ2n) is 17.8. The van der Waals surface area contributed by atoms with E-state index < -0.39 is 24.2 Å². The molecule has 9 rings (SSSR count). The Balaban J connectivity index is 0.00000107. The van der Waals surface area contributed by atoms with Gasteiger partial charge in [0.2, 0.25) is 12.0 Å². The first-order chi connectivity index (χ1) is 37.6. The molecule has 21 heteroatoms. The average molecular weight is 1110 g/mol. The van der Waals surface area contributed by atoms with Crippen LogP contribution in [0.4, 0.5) is 17.6 Å². The first-order valence-electron chi connectivity index (χ1n) is 24.4. The van der Waals surface area contributed by atoms with Crippen LogP contribution < -0.4 is 23.7 Å². The maximum Gasteiger partial charge on any atom is 0.490 e. The Bertz CT molecular complexity index is 3340. The van der Waals surface area contributed by atoms with Crippen molar-refractivity contribution in [1.82, 2.24) is 29.7 Å². The molecule has 1 atom stereocenters. The Kier molecular flexibility index (Phi) is 18.7. The standard InChI is InChI=1S/C55H52ClFN6O7S.C2HF3O2/c1-35-42(21-22-46(50(35)56)67-30-29-63-27-25-62(2)26-28-63)48-49-53(59-34-60-54(49)71-51(48)37-15-17-39(57)18-16-37)70-47(55(64)69-32-36-13-19-41(65-3)20-14-36)31-38-9-5-7-11-44(38)68-33-40-23-24-58-52(61-40)43-10-6-8-12-45(43)66-4;3-2(4,5)1(6)7/h5-24,34,47H,25-33H2,1-4H3;(H,6,7)/t47-;/m1./s1. The zero-order chi connectivity index (χ0) is 55.3. The molecule has 78 heavy (non-hydrogen) atoms. The van der Waals surface area contributed by atoms with Crippen molar-refractivity contribution in [2.24, 2.45) is 0 Å². The third kappa shape index (κ3) is 14.2. The van der Waals surface area contributed by atoms with Crippen LogP contribution in [0.25, 0.3) is 43.2 Å². The fourth-order valence-corrected chi connectivity index (χ4v) is 9.71. The van der Waals surface area contributed by atoms with Crippen LogP contribution in [0.5, 0.6) is 28.9 Å². The van der Waals surface area contributed by atoms with Gasteiger partial charge in [0.25, 0.3) is 0 Å². The van der Waals surface area contributed by atoms with E-state index in [9.17, 15) is 22.4 Å². The van der Waals surface area contributed by atoms with Gasteiger partial charge in [-0.1, -0.05) is 72.3 Å². The SMILES string of the molecule is COc1ccc(COC(=O)[C@@H](Cc2ccccc2OCc2ccnc(-c3ccccc3OC)n2)Oc2ncnc3sc(-c4ccc(F)cc4)c(-c4ccc(OCCN5CCN(C)CC5)c(Cl)c4C)c23)cc1.O=C(O)C(F)(F)F. The van der Waals surface area contributed by atoms with E-state index in [-0.39, 0.29) is 31.3 Å². The number of fused-ring (bicyclic) bond motifs is 1. The van der Waals surface area contributed by atoms with Crippen molar-refractivity contribution in [3.63, 3.8) is 0 Å². The number of alkyl halides is 3. The van der Waals surface area contributed by atoms with Crippen molar-refractivity contribution in [2.75, 3.05) is 60.6 Å². The molecule has 0 unspecified atom stereocenters. The molecule has 8 aromatic rings. The van der Waals surface area contributed by atoms with E-state index in [0.29, 0.717) is 67.5 Å². The average Bonchev–Trinajstić information content (AvgIpc) is 3.96. The van der Waals surface area contributed by atoms with Gasteiger partial charge in [0.05, 0.1) is 35.9 Å². The molecule has 1 aliphatic rings. The molecule has 0 bridgehead atoms. The monoisotopic (exact) mass is 1110 g/mol. The number of para-hydroxylation sites is 2. The van der Waals surface area contributed by atoms with Crippen molar-refractivity contribution >= 4 is 45.1 Å². The number of hydrogen-bond acceptors (Lipinski definition) is 15. The lowest BCUT2D eigenvalue weighted by Crippen LogP contribution is -2.45. The van der Waals surface area contributed by atoms with Crippen LogP contribution in [0, 0.1) is 12.7 Å². The summed E-state index contributed by atoms with van der Waals surface area (Å²) >= 11 is 8.56. The molecule has 0 aliphatic carbocycles. The second kappa shape index (κ2) is 26.0. The van der Waals surface area contributed by atoms with Gasteiger partial charge >= 0.3 is 18.1 Å². The number of rotatable bonds is 19. The number of aromatic nitrogens is 4. The molecule has 1 saturated heterocycles. The molecule has 0 spiro atoms. The van der Waals surface area contributed by atoms with E-state index in [4.69, 9.17) is 64.9 Å². The summed E-state index contributed by atoms with van der Waals surface area (Å²) < 4.78 is 82.6. The normalized spacial score (nSPS) is 13.2. The second-order valence-corrected chi connectivity index (χ2v) is 19.1. The summed E-state index contributed by atoms with van der Waals surface area (Å²) in [5.41, 5.74) is 5.79. The summed E-state index contributed by atoms with van der Waals surface area (Å²) in [6.45, 7) is 7.26. The van der Waals surface area contributed by atoms with Gasteiger partial charge in [-0.3, -0.25) is 4.90 Å². The fraction of sp³-hybridized carbons (Fsp3) is 0.263. The molecule has 5 aromatic carbocycles. The highest BCUT2D eigenvalue weighted by Crippen LogP contribution is 2.49. The van der Waals surface area contributed by atoms with Crippen LogP contribution in [0.15, 0.2) is 128 Å². The Morgan fingerprint density at radius 1 is 0.795 bits per heavy atom. The third-order valence-corrected chi connectivity index (χ3v) is 14.2.